The molecule has 1 aliphatic rings. The van der Waals surface area contributed by atoms with Crippen LogP contribution in [0.5, 0.6) is 0 Å². The molecular weight excluding hydrogens is 165 g/mol. The van der Waals surface area contributed by atoms with Crippen molar-refractivity contribution in [3.63, 3.8) is 0 Å². The molecule has 0 spiro atoms. The van der Waals surface area contributed by atoms with Crippen LogP contribution < -0.4 is 0 Å². The van der Waals surface area contributed by atoms with Gasteiger partial charge in [0.15, 0.2) is 0 Å². The first-order chi connectivity index (χ1) is 6.29. The Labute approximate surface area is 78.2 Å². The summed E-state index contributed by atoms with van der Waals surface area (Å²) < 4.78 is 13.4. The maximum Gasteiger partial charge on any atom is 0.127 e. The Bertz CT molecular complexity index is 298. The van der Waals surface area contributed by atoms with Crippen molar-refractivity contribution in [1.29, 1.82) is 0 Å². The minimum Gasteiger partial charge on any atom is -0.299 e. The van der Waals surface area contributed by atoms with Gasteiger partial charge in [0.2, 0.25) is 0 Å². The van der Waals surface area contributed by atoms with Crippen LogP contribution in [0.15, 0.2) is 24.3 Å². The summed E-state index contributed by atoms with van der Waals surface area (Å²) in [6, 6.07) is 7.17. The molecule has 0 amide bonds. The predicted molar refractivity (Wildman–Crippen MR) is 50.7 cm³/mol. The molecule has 1 fully saturated rings. The lowest BCUT2D eigenvalue weighted by molar-refractivity contribution is 0.327. The third-order valence-corrected chi connectivity index (χ3v) is 2.57. The van der Waals surface area contributed by atoms with Crippen LogP contribution >= 0.6 is 0 Å². The molecular formula is C11H13FN. The Hall–Kier alpha value is -0.890. The van der Waals surface area contributed by atoms with Crippen LogP contribution in [0.2, 0.25) is 0 Å². The molecule has 1 unspecified atom stereocenters. The Balaban J connectivity index is 2.29. The molecule has 0 aromatic heterocycles. The van der Waals surface area contributed by atoms with Gasteiger partial charge in [-0.3, -0.25) is 4.90 Å². The van der Waals surface area contributed by atoms with Gasteiger partial charge in [-0.25, -0.2) is 4.39 Å². The lowest BCUT2D eigenvalue weighted by Crippen LogP contribution is -2.18. The molecule has 0 saturated carbocycles. The van der Waals surface area contributed by atoms with Gasteiger partial charge in [0.1, 0.15) is 5.82 Å². The molecule has 1 heterocycles. The van der Waals surface area contributed by atoms with Gasteiger partial charge in [-0.05, 0) is 32.5 Å². The predicted octanol–water partition coefficient (Wildman–Crippen LogP) is 2.41. The molecule has 1 atom stereocenters. The van der Waals surface area contributed by atoms with Crippen LogP contribution in [-0.4, -0.2) is 18.5 Å². The molecule has 1 nitrogen and oxygen atoms in total. The van der Waals surface area contributed by atoms with Gasteiger partial charge in [-0.1, -0.05) is 18.2 Å². The number of likely N-dealkylation sites (tertiary alicyclic amines) is 1. The Kier molecular flexibility index (Phi) is 2.32. The number of benzene rings is 1. The molecule has 1 aromatic rings. The standard InChI is InChI=1S/C11H13FN/c1-13-8-4-7-11(13)9-5-2-3-6-10(9)12/h2-3,5-7,11H,4,8H2,1H3. The quantitative estimate of drug-likeness (QED) is 0.638. The van der Waals surface area contributed by atoms with Gasteiger partial charge in [0, 0.05) is 11.6 Å². The van der Waals surface area contributed by atoms with E-state index in [2.05, 4.69) is 11.3 Å². The van der Waals surface area contributed by atoms with Gasteiger partial charge >= 0.3 is 0 Å². The summed E-state index contributed by atoms with van der Waals surface area (Å²) in [4.78, 5) is 2.17. The maximum atomic E-state index is 13.4. The normalized spacial score (nSPS) is 23.7. The summed E-state index contributed by atoms with van der Waals surface area (Å²) in [6.45, 7) is 1.03. The van der Waals surface area contributed by atoms with Crippen LogP contribution in [0.4, 0.5) is 4.39 Å². The zero-order valence-electron chi connectivity index (χ0n) is 7.70. The number of hydrogen-bond acceptors (Lipinski definition) is 1. The first-order valence-electron chi connectivity index (χ1n) is 4.57. The van der Waals surface area contributed by atoms with E-state index in [1.165, 1.54) is 6.07 Å². The first kappa shape index (κ1) is 8.70. The van der Waals surface area contributed by atoms with Gasteiger partial charge in [0.05, 0.1) is 0 Å². The zero-order valence-corrected chi connectivity index (χ0v) is 7.70. The van der Waals surface area contributed by atoms with E-state index >= 15 is 0 Å². The average Bonchev–Trinajstić information content (AvgIpc) is 2.52. The highest BCUT2D eigenvalue weighted by Gasteiger charge is 2.24. The topological polar surface area (TPSA) is 3.24 Å². The number of nitrogens with zero attached hydrogens (tertiary/aromatic N) is 1. The average molecular weight is 178 g/mol. The van der Waals surface area contributed by atoms with Crippen molar-refractivity contribution >= 4 is 0 Å². The summed E-state index contributed by atoms with van der Waals surface area (Å²) in [7, 11) is 2.03. The fourth-order valence-corrected chi connectivity index (χ4v) is 1.83. The van der Waals surface area contributed by atoms with Crippen molar-refractivity contribution < 1.29 is 4.39 Å². The molecule has 1 aromatic carbocycles. The van der Waals surface area contributed by atoms with E-state index in [0.717, 1.165) is 18.5 Å². The molecule has 0 bridgehead atoms. The summed E-state index contributed by atoms with van der Waals surface area (Å²) in [5.41, 5.74) is 0.794. The first-order valence-corrected chi connectivity index (χ1v) is 4.57. The molecule has 0 aliphatic carbocycles. The molecule has 1 saturated heterocycles. The summed E-state index contributed by atoms with van der Waals surface area (Å²) in [5, 5.41) is 0. The van der Waals surface area contributed by atoms with Gasteiger partial charge in [-0.15, -0.1) is 0 Å². The second kappa shape index (κ2) is 3.46. The number of rotatable bonds is 1. The number of halogens is 1. The third kappa shape index (κ3) is 1.59. The lowest BCUT2D eigenvalue weighted by atomic mass is 10.0. The molecule has 0 N–H and O–H groups in total. The third-order valence-electron chi connectivity index (χ3n) is 2.57. The minimum absolute atomic E-state index is 0.0995. The molecule has 13 heavy (non-hydrogen) atoms. The highest BCUT2D eigenvalue weighted by atomic mass is 19.1. The van der Waals surface area contributed by atoms with E-state index in [4.69, 9.17) is 0 Å². The van der Waals surface area contributed by atoms with E-state index in [1.807, 2.05) is 19.2 Å². The summed E-state index contributed by atoms with van der Waals surface area (Å²) >= 11 is 0. The molecule has 1 aliphatic heterocycles. The van der Waals surface area contributed by atoms with Crippen molar-refractivity contribution in [2.75, 3.05) is 13.6 Å². The summed E-state index contributed by atoms with van der Waals surface area (Å²) in [6.07, 6.45) is 3.22. The van der Waals surface area contributed by atoms with E-state index in [1.54, 1.807) is 6.07 Å². The van der Waals surface area contributed by atoms with Crippen molar-refractivity contribution in [2.45, 2.75) is 12.5 Å². The monoisotopic (exact) mass is 178 g/mol. The van der Waals surface area contributed by atoms with E-state index in [9.17, 15) is 4.39 Å². The van der Waals surface area contributed by atoms with Gasteiger partial charge in [-0.2, -0.15) is 0 Å². The second-order valence-corrected chi connectivity index (χ2v) is 3.47. The maximum absolute atomic E-state index is 13.4. The fraction of sp³-hybridized carbons (Fsp3) is 0.364. The molecule has 69 valence electrons. The largest absolute Gasteiger partial charge is 0.299 e. The highest BCUT2D eigenvalue weighted by molar-refractivity contribution is 5.24. The van der Waals surface area contributed by atoms with Crippen LogP contribution in [-0.2, 0) is 0 Å². The Morgan fingerprint density at radius 3 is 2.77 bits per heavy atom. The van der Waals surface area contributed by atoms with E-state index < -0.39 is 0 Å². The van der Waals surface area contributed by atoms with E-state index in [-0.39, 0.29) is 11.9 Å². The number of hydrogen-bond donors (Lipinski definition) is 0. The van der Waals surface area contributed by atoms with Gasteiger partial charge < -0.3 is 0 Å². The fourth-order valence-electron chi connectivity index (χ4n) is 1.83. The van der Waals surface area contributed by atoms with Crippen molar-refractivity contribution in [2.24, 2.45) is 0 Å². The Morgan fingerprint density at radius 2 is 2.15 bits per heavy atom. The molecule has 1 radical (unpaired) electrons. The van der Waals surface area contributed by atoms with Crippen LogP contribution in [0, 0.1) is 12.2 Å². The van der Waals surface area contributed by atoms with Crippen LogP contribution in [0.25, 0.3) is 0 Å². The zero-order chi connectivity index (χ0) is 9.26. The SMILES string of the molecule is CN1CC[CH]C1c1ccccc1F. The van der Waals surface area contributed by atoms with E-state index in [0.29, 0.717) is 0 Å². The van der Waals surface area contributed by atoms with Gasteiger partial charge in [0.25, 0.3) is 0 Å². The Morgan fingerprint density at radius 1 is 1.38 bits per heavy atom. The minimum atomic E-state index is -0.0995. The highest BCUT2D eigenvalue weighted by Crippen LogP contribution is 2.30. The second-order valence-electron chi connectivity index (χ2n) is 3.47. The molecule has 2 heteroatoms. The lowest BCUT2D eigenvalue weighted by Gasteiger charge is -2.19. The van der Waals surface area contributed by atoms with Crippen LogP contribution in [0.1, 0.15) is 18.0 Å². The summed E-state index contributed by atoms with van der Waals surface area (Å²) in [5.74, 6) is -0.0995. The van der Waals surface area contributed by atoms with Crippen LogP contribution in [0.3, 0.4) is 0 Å². The van der Waals surface area contributed by atoms with Crippen molar-refractivity contribution in [1.82, 2.24) is 4.90 Å². The smallest absolute Gasteiger partial charge is 0.127 e. The van der Waals surface area contributed by atoms with Crippen molar-refractivity contribution in [3.8, 4) is 0 Å². The molecule has 2 rings (SSSR count). The van der Waals surface area contributed by atoms with Crippen molar-refractivity contribution in [3.05, 3.63) is 42.1 Å².